The molecule has 1 aliphatic carbocycles. The molecule has 0 spiro atoms. The number of aryl methyl sites for hydroxylation is 2. The van der Waals surface area contributed by atoms with Gasteiger partial charge >= 0.3 is 0 Å². The first-order valence-electron chi connectivity index (χ1n) is 12.9. The largest absolute Gasteiger partial charge is 0.455 e. The molecule has 0 amide bonds. The van der Waals surface area contributed by atoms with Gasteiger partial charge in [-0.2, -0.15) is 0 Å². The zero-order valence-electron chi connectivity index (χ0n) is 21.2. The van der Waals surface area contributed by atoms with Crippen molar-refractivity contribution in [2.75, 3.05) is 0 Å². The maximum Gasteiger partial charge on any atom is 0.144 e. The van der Waals surface area contributed by atoms with Crippen LogP contribution >= 0.6 is 0 Å². The van der Waals surface area contributed by atoms with Crippen LogP contribution in [0.15, 0.2) is 77.3 Å². The number of rotatable bonds is 4. The summed E-state index contributed by atoms with van der Waals surface area (Å²) >= 11 is 0. The average molecular weight is 434 g/mol. The number of hydrogen-bond donors (Lipinski definition) is 0. The average Bonchev–Trinajstić information content (AvgIpc) is 3.52. The molecule has 5 aromatic rings. The quantitative estimate of drug-likeness (QED) is 0.283. The van der Waals surface area contributed by atoms with E-state index in [2.05, 4.69) is 61.3 Å². The van der Waals surface area contributed by atoms with Gasteiger partial charge in [-0.25, -0.2) is 0 Å². The third-order valence-electron chi connectivity index (χ3n) is 7.03. The molecular weight excluding hydrogens is 402 g/mol. The molecule has 3 aromatic carbocycles. The fourth-order valence-corrected chi connectivity index (χ4v) is 5.40. The molecule has 0 bridgehead atoms. The van der Waals surface area contributed by atoms with Crippen LogP contribution in [0.3, 0.4) is 0 Å². The minimum Gasteiger partial charge on any atom is -0.455 e. The molecule has 33 heavy (non-hydrogen) atoms. The first-order valence-corrected chi connectivity index (χ1v) is 11.9. The van der Waals surface area contributed by atoms with Crippen LogP contribution in [0, 0.1) is 19.8 Å². The number of hydrogen-bond acceptors (Lipinski definition) is 2. The Morgan fingerprint density at radius 2 is 1.70 bits per heavy atom. The maximum atomic E-state index is 8.83. The van der Waals surface area contributed by atoms with Crippen LogP contribution in [0.1, 0.15) is 45.1 Å². The topological polar surface area (TPSA) is 26.0 Å². The molecule has 0 radical (unpaired) electrons. The Hall–Kier alpha value is -3.39. The molecule has 0 N–H and O–H groups in total. The van der Waals surface area contributed by atoms with Crippen molar-refractivity contribution in [1.29, 1.82) is 0 Å². The van der Waals surface area contributed by atoms with Crippen molar-refractivity contribution in [2.24, 2.45) is 5.92 Å². The first-order chi connectivity index (χ1) is 16.9. The number of nitrogens with zero attached hydrogens (tertiary/aromatic N) is 1. The summed E-state index contributed by atoms with van der Waals surface area (Å²) in [5.41, 5.74) is 8.91. The van der Waals surface area contributed by atoms with Gasteiger partial charge in [0.05, 0.1) is 5.69 Å². The van der Waals surface area contributed by atoms with Gasteiger partial charge in [-0.05, 0) is 84.3 Å². The summed E-state index contributed by atoms with van der Waals surface area (Å²) in [6, 6.07) is 22.7. The summed E-state index contributed by atoms with van der Waals surface area (Å²) in [7, 11) is 0. The highest BCUT2D eigenvalue weighted by Gasteiger charge is 2.18. The molecular formula is C31H29NO. The van der Waals surface area contributed by atoms with E-state index >= 15 is 0 Å². The summed E-state index contributed by atoms with van der Waals surface area (Å²) in [6.07, 6.45) is 4.52. The highest BCUT2D eigenvalue weighted by Crippen LogP contribution is 2.38. The van der Waals surface area contributed by atoms with Crippen LogP contribution in [-0.2, 0) is 6.37 Å². The van der Waals surface area contributed by atoms with Crippen molar-refractivity contribution >= 4 is 21.9 Å². The van der Waals surface area contributed by atoms with Crippen LogP contribution in [0.25, 0.3) is 44.3 Å². The molecule has 164 valence electrons. The fourth-order valence-electron chi connectivity index (χ4n) is 5.40. The molecule has 2 aromatic heterocycles. The van der Waals surface area contributed by atoms with Crippen molar-refractivity contribution in [3.63, 3.8) is 0 Å². The Kier molecular flexibility index (Phi) is 4.49. The van der Waals surface area contributed by atoms with Crippen LogP contribution < -0.4 is 0 Å². The Morgan fingerprint density at radius 3 is 2.52 bits per heavy atom. The van der Waals surface area contributed by atoms with Crippen LogP contribution in [0.4, 0.5) is 0 Å². The van der Waals surface area contributed by atoms with E-state index in [-0.39, 0.29) is 5.92 Å². The molecule has 0 atom stereocenters. The highest BCUT2D eigenvalue weighted by atomic mass is 16.3. The van der Waals surface area contributed by atoms with Crippen molar-refractivity contribution < 1.29 is 7.16 Å². The molecule has 2 nitrogen and oxygen atoms in total. The lowest BCUT2D eigenvalue weighted by molar-refractivity contribution is 0.546. The van der Waals surface area contributed by atoms with E-state index in [9.17, 15) is 0 Å². The first kappa shape index (κ1) is 18.1. The highest BCUT2D eigenvalue weighted by molar-refractivity contribution is 6.10. The van der Waals surface area contributed by atoms with E-state index in [1.807, 2.05) is 24.3 Å². The van der Waals surface area contributed by atoms with Gasteiger partial charge in [-0.15, -0.1) is 0 Å². The molecule has 0 saturated heterocycles. The molecule has 0 aliphatic heterocycles. The minimum absolute atomic E-state index is 0.0723. The Labute approximate surface area is 198 Å². The zero-order chi connectivity index (χ0) is 24.2. The molecule has 6 rings (SSSR count). The minimum atomic E-state index is -1.35. The molecule has 1 aliphatic rings. The van der Waals surface area contributed by atoms with E-state index in [4.69, 9.17) is 7.16 Å². The number of para-hydroxylation sites is 1. The predicted octanol–water partition coefficient (Wildman–Crippen LogP) is 8.66. The van der Waals surface area contributed by atoms with Gasteiger partial charge in [0.2, 0.25) is 0 Å². The SMILES string of the molecule is [2H]C([2H])(c1ccnc(-c2cccc3c2oc2cc(-c4c(C)cccc4C)ccc23)c1)C1CCCC1. The number of furan rings is 1. The zero-order valence-corrected chi connectivity index (χ0v) is 19.2. The normalized spacial score (nSPS) is 15.8. The number of pyridine rings is 1. The summed E-state index contributed by atoms with van der Waals surface area (Å²) in [6.45, 7) is 4.29. The lowest BCUT2D eigenvalue weighted by Crippen LogP contribution is -1.99. The molecule has 1 fully saturated rings. The standard InChI is InChI=1S/C31H29NO/c1-20-7-5-8-21(2)30(20)24-13-14-25-26-11-6-12-27(31(26)33-29(25)19-24)28-18-23(15-16-32-28)17-22-9-3-4-10-22/h5-8,11-16,18-19,22H,3-4,9-10,17H2,1-2H3/i17D2. The van der Waals surface area contributed by atoms with E-state index in [1.165, 1.54) is 16.7 Å². The van der Waals surface area contributed by atoms with Gasteiger partial charge < -0.3 is 4.42 Å². The molecule has 2 heterocycles. The van der Waals surface area contributed by atoms with Crippen LogP contribution in [-0.4, -0.2) is 4.98 Å². The second-order valence-electron chi connectivity index (χ2n) is 9.32. The van der Waals surface area contributed by atoms with Gasteiger partial charge in [0, 0.05) is 25.3 Å². The smallest absolute Gasteiger partial charge is 0.144 e. The van der Waals surface area contributed by atoms with E-state index in [0.29, 0.717) is 5.56 Å². The molecule has 2 heteroatoms. The second kappa shape index (κ2) is 8.19. The summed E-state index contributed by atoms with van der Waals surface area (Å²) in [5, 5.41) is 2.13. The Morgan fingerprint density at radius 1 is 0.909 bits per heavy atom. The van der Waals surface area contributed by atoms with Crippen molar-refractivity contribution in [3.8, 4) is 22.4 Å². The number of benzene rings is 3. The van der Waals surface area contributed by atoms with E-state index in [0.717, 1.165) is 64.4 Å². The lowest BCUT2D eigenvalue weighted by atomic mass is 9.95. The molecule has 0 unspecified atom stereocenters. The van der Waals surface area contributed by atoms with E-state index < -0.39 is 6.37 Å². The van der Waals surface area contributed by atoms with Gasteiger partial charge in [0.1, 0.15) is 11.2 Å². The van der Waals surface area contributed by atoms with Gasteiger partial charge in [0.15, 0.2) is 0 Å². The van der Waals surface area contributed by atoms with Crippen LogP contribution in [0.2, 0.25) is 0 Å². The summed E-state index contributed by atoms with van der Waals surface area (Å²) < 4.78 is 24.1. The van der Waals surface area contributed by atoms with Gasteiger partial charge in [0.25, 0.3) is 0 Å². The maximum absolute atomic E-state index is 8.83. The predicted molar refractivity (Wildman–Crippen MR) is 138 cm³/mol. The summed E-state index contributed by atoms with van der Waals surface area (Å²) in [4.78, 5) is 4.63. The van der Waals surface area contributed by atoms with Crippen molar-refractivity contribution in [3.05, 3.63) is 89.6 Å². The second-order valence-corrected chi connectivity index (χ2v) is 9.32. The fraction of sp³-hybridized carbons (Fsp3) is 0.258. The summed E-state index contributed by atoms with van der Waals surface area (Å²) in [5.74, 6) is 0.0723. The van der Waals surface area contributed by atoms with E-state index in [1.54, 1.807) is 6.20 Å². The van der Waals surface area contributed by atoms with Gasteiger partial charge in [-0.1, -0.05) is 62.1 Å². The number of aromatic nitrogens is 1. The van der Waals surface area contributed by atoms with Crippen molar-refractivity contribution in [2.45, 2.75) is 45.9 Å². The Bertz CT molecular complexity index is 1540. The Balaban J connectivity index is 1.48. The lowest BCUT2D eigenvalue weighted by Gasteiger charge is -2.10. The molecule has 1 saturated carbocycles. The van der Waals surface area contributed by atoms with Gasteiger partial charge in [-0.3, -0.25) is 4.98 Å². The number of fused-ring (bicyclic) bond motifs is 3. The third kappa shape index (κ3) is 3.64. The van der Waals surface area contributed by atoms with Crippen LogP contribution in [0.5, 0.6) is 0 Å². The van der Waals surface area contributed by atoms with Crippen molar-refractivity contribution in [1.82, 2.24) is 4.98 Å². The third-order valence-corrected chi connectivity index (χ3v) is 7.03. The monoisotopic (exact) mass is 433 g/mol.